The topological polar surface area (TPSA) is 105 Å². The molecule has 2 aromatic heterocycles. The number of nitrogens with zero attached hydrogens (tertiary/aromatic N) is 3. The zero-order valence-corrected chi connectivity index (χ0v) is 25.3. The highest BCUT2D eigenvalue weighted by Gasteiger charge is 2.36. The smallest absolute Gasteiger partial charge is 0.337 e. The molecule has 1 aliphatic rings. The van der Waals surface area contributed by atoms with E-state index in [1.165, 1.54) is 0 Å². The zero-order chi connectivity index (χ0) is 30.0. The first kappa shape index (κ1) is 30.5. The number of aliphatic hydroxyl groups is 1. The van der Waals surface area contributed by atoms with Crippen LogP contribution in [0, 0.1) is 12.3 Å². The van der Waals surface area contributed by atoms with Crippen LogP contribution in [0.2, 0.25) is 0 Å². The Hall–Kier alpha value is -3.49. The molecule has 0 amide bonds. The summed E-state index contributed by atoms with van der Waals surface area (Å²) < 4.78 is 12.0. The van der Waals surface area contributed by atoms with Gasteiger partial charge in [-0.3, -0.25) is 9.97 Å². The Balaban J connectivity index is 1.71. The Morgan fingerprint density at radius 3 is 2.24 bits per heavy atom. The van der Waals surface area contributed by atoms with E-state index in [0.29, 0.717) is 22.7 Å². The molecular formula is C33H43N3O5. The van der Waals surface area contributed by atoms with Gasteiger partial charge in [-0.15, -0.1) is 0 Å². The fourth-order valence-corrected chi connectivity index (χ4v) is 5.10. The van der Waals surface area contributed by atoms with Gasteiger partial charge < -0.3 is 24.6 Å². The lowest BCUT2D eigenvalue weighted by Gasteiger charge is -2.40. The third-order valence-corrected chi connectivity index (χ3v) is 7.61. The van der Waals surface area contributed by atoms with Crippen molar-refractivity contribution >= 4 is 11.7 Å². The van der Waals surface area contributed by atoms with Crippen LogP contribution in [0.4, 0.5) is 5.69 Å². The van der Waals surface area contributed by atoms with Gasteiger partial charge in [0.25, 0.3) is 0 Å². The molecular weight excluding hydrogens is 518 g/mol. The molecule has 1 fully saturated rings. The number of hydrogen-bond donors (Lipinski definition) is 2. The Labute approximate surface area is 243 Å². The van der Waals surface area contributed by atoms with Crippen molar-refractivity contribution in [3.63, 3.8) is 0 Å². The van der Waals surface area contributed by atoms with E-state index in [2.05, 4.69) is 23.7 Å². The molecule has 0 radical (unpaired) electrons. The predicted molar refractivity (Wildman–Crippen MR) is 160 cm³/mol. The van der Waals surface area contributed by atoms with Crippen molar-refractivity contribution < 1.29 is 24.5 Å². The molecule has 8 heteroatoms. The van der Waals surface area contributed by atoms with Crippen molar-refractivity contribution in [2.75, 3.05) is 24.6 Å². The van der Waals surface area contributed by atoms with Crippen LogP contribution in [-0.2, 0) is 15.1 Å². The predicted octanol–water partition coefficient (Wildman–Crippen LogP) is 6.31. The number of hydrogen-bond acceptors (Lipinski definition) is 7. The summed E-state index contributed by atoms with van der Waals surface area (Å²) in [5.41, 5.74) is 2.52. The normalized spacial score (nSPS) is 17.5. The molecule has 1 unspecified atom stereocenters. The minimum absolute atomic E-state index is 0.0630. The zero-order valence-electron chi connectivity index (χ0n) is 25.3. The van der Waals surface area contributed by atoms with Gasteiger partial charge in [-0.1, -0.05) is 44.2 Å². The van der Waals surface area contributed by atoms with Crippen LogP contribution in [0.15, 0.2) is 54.9 Å². The first-order chi connectivity index (χ1) is 19.2. The fourth-order valence-electron chi connectivity index (χ4n) is 5.10. The maximum absolute atomic E-state index is 12.6. The molecule has 0 saturated carbocycles. The summed E-state index contributed by atoms with van der Waals surface area (Å²) in [6.07, 6.45) is 4.17. The monoisotopic (exact) mass is 561 g/mol. The average Bonchev–Trinajstić information content (AvgIpc) is 2.91. The molecule has 3 aromatic rings. The summed E-state index contributed by atoms with van der Waals surface area (Å²) >= 11 is 0. The number of carboxylic acid groups (broad SMARTS) is 1. The summed E-state index contributed by atoms with van der Waals surface area (Å²) in [5, 5.41) is 21.2. The van der Waals surface area contributed by atoms with Crippen LogP contribution in [0.1, 0.15) is 77.3 Å². The number of carboxylic acids is 1. The lowest BCUT2D eigenvalue weighted by atomic mass is 9.82. The quantitative estimate of drug-likeness (QED) is 0.313. The Morgan fingerprint density at radius 1 is 1.02 bits per heavy atom. The van der Waals surface area contributed by atoms with Crippen molar-refractivity contribution in [1.29, 1.82) is 0 Å². The molecule has 3 heterocycles. The number of ether oxygens (including phenoxy) is 2. The molecule has 1 aliphatic heterocycles. The minimum atomic E-state index is -1.18. The van der Waals surface area contributed by atoms with Gasteiger partial charge in [-0.2, -0.15) is 0 Å². The Morgan fingerprint density at radius 2 is 1.68 bits per heavy atom. The molecule has 220 valence electrons. The van der Waals surface area contributed by atoms with Crippen molar-refractivity contribution in [3.8, 4) is 17.0 Å². The van der Waals surface area contributed by atoms with E-state index in [0.717, 1.165) is 42.7 Å². The molecule has 4 rings (SSSR count). The molecule has 1 aromatic carbocycles. The van der Waals surface area contributed by atoms with Gasteiger partial charge in [0.2, 0.25) is 0 Å². The maximum atomic E-state index is 12.6. The number of pyridine rings is 2. The number of carbonyl (C=O) groups is 1. The second-order valence-electron chi connectivity index (χ2n) is 12.9. The van der Waals surface area contributed by atoms with Gasteiger partial charge in [0.05, 0.1) is 23.2 Å². The van der Waals surface area contributed by atoms with E-state index in [1.807, 2.05) is 70.2 Å². The number of piperidine rings is 1. The Bertz CT molecular complexity index is 1340. The van der Waals surface area contributed by atoms with Crippen LogP contribution >= 0.6 is 0 Å². The summed E-state index contributed by atoms with van der Waals surface area (Å²) in [5.74, 6) is -0.534. The fraction of sp³-hybridized carbons (Fsp3) is 0.485. The van der Waals surface area contributed by atoms with Crippen LogP contribution in [0.3, 0.4) is 0 Å². The highest BCUT2D eigenvalue weighted by molar-refractivity contribution is 5.85. The number of rotatable bonds is 9. The van der Waals surface area contributed by atoms with Gasteiger partial charge in [0, 0.05) is 36.1 Å². The third kappa shape index (κ3) is 7.43. The molecule has 2 N–H and O–H groups in total. The number of aromatic nitrogens is 2. The van der Waals surface area contributed by atoms with Gasteiger partial charge in [-0.25, -0.2) is 4.79 Å². The van der Waals surface area contributed by atoms with E-state index >= 15 is 0 Å². The van der Waals surface area contributed by atoms with E-state index in [4.69, 9.17) is 14.5 Å². The molecule has 0 spiro atoms. The van der Waals surface area contributed by atoms with E-state index in [9.17, 15) is 15.0 Å². The van der Waals surface area contributed by atoms with Crippen LogP contribution in [-0.4, -0.2) is 51.4 Å². The number of anilines is 1. The molecule has 0 bridgehead atoms. The summed E-state index contributed by atoms with van der Waals surface area (Å²) in [6, 6.07) is 13.1. The van der Waals surface area contributed by atoms with Gasteiger partial charge in [0.15, 0.2) is 6.10 Å². The number of aryl methyl sites for hydroxylation is 1. The minimum Gasteiger partial charge on any atom is -0.489 e. The maximum Gasteiger partial charge on any atom is 0.337 e. The van der Waals surface area contributed by atoms with E-state index in [-0.39, 0.29) is 12.0 Å². The van der Waals surface area contributed by atoms with Gasteiger partial charge >= 0.3 is 5.97 Å². The van der Waals surface area contributed by atoms with E-state index in [1.54, 1.807) is 19.3 Å². The largest absolute Gasteiger partial charge is 0.489 e. The molecule has 1 saturated heterocycles. The van der Waals surface area contributed by atoms with Crippen molar-refractivity contribution in [2.24, 2.45) is 5.41 Å². The van der Waals surface area contributed by atoms with Crippen LogP contribution in [0.5, 0.6) is 5.75 Å². The number of benzene rings is 1. The van der Waals surface area contributed by atoms with Gasteiger partial charge in [-0.05, 0) is 70.6 Å². The standard InChI is InChI=1S/C33H43N3O5/c1-22-27(29(30(37)38)41-31(2,3)4)28(36-17-15-32(5,6)16-18-36)25(20-34-22)26-14-13-24(19-35-26)40-21-33(7,39)23-11-9-8-10-12-23/h8-14,19-20,29,39H,15-18,21H2,1-7H3,(H,37,38)/t29-,33?/m0/s1. The third-order valence-electron chi connectivity index (χ3n) is 7.61. The average molecular weight is 562 g/mol. The lowest BCUT2D eigenvalue weighted by Crippen LogP contribution is -2.39. The molecule has 0 aliphatic carbocycles. The Kier molecular flexibility index (Phi) is 8.76. The highest BCUT2D eigenvalue weighted by Crippen LogP contribution is 2.43. The highest BCUT2D eigenvalue weighted by atomic mass is 16.5. The molecule has 2 atom stereocenters. The molecule has 8 nitrogen and oxygen atoms in total. The van der Waals surface area contributed by atoms with Gasteiger partial charge in [0.1, 0.15) is 18.0 Å². The van der Waals surface area contributed by atoms with Crippen molar-refractivity contribution in [2.45, 2.75) is 78.6 Å². The first-order valence-corrected chi connectivity index (χ1v) is 14.2. The second-order valence-corrected chi connectivity index (χ2v) is 12.9. The van der Waals surface area contributed by atoms with Crippen LogP contribution in [0.25, 0.3) is 11.3 Å². The first-order valence-electron chi connectivity index (χ1n) is 14.2. The lowest BCUT2D eigenvalue weighted by molar-refractivity contribution is -0.160. The van der Waals surface area contributed by atoms with Crippen molar-refractivity contribution in [1.82, 2.24) is 9.97 Å². The summed E-state index contributed by atoms with van der Waals surface area (Å²) in [4.78, 5) is 24.2. The summed E-state index contributed by atoms with van der Waals surface area (Å²) in [6.45, 7) is 15.3. The number of aliphatic carboxylic acids is 1. The summed E-state index contributed by atoms with van der Waals surface area (Å²) in [7, 11) is 0. The van der Waals surface area contributed by atoms with Crippen LogP contribution < -0.4 is 9.64 Å². The SMILES string of the molecule is Cc1ncc(-c2ccc(OCC(C)(O)c3ccccc3)cn2)c(N2CCC(C)(C)CC2)c1[C@H](OC(C)(C)C)C(=O)O. The van der Waals surface area contributed by atoms with E-state index < -0.39 is 23.3 Å². The van der Waals surface area contributed by atoms with Crippen molar-refractivity contribution in [3.05, 3.63) is 71.7 Å². The second kappa shape index (κ2) is 11.8. The molecule has 41 heavy (non-hydrogen) atoms.